The zero-order valence-corrected chi connectivity index (χ0v) is 12.8. The zero-order valence-electron chi connectivity index (χ0n) is 12.8. The molecule has 0 aliphatic carbocycles. The van der Waals surface area contributed by atoms with E-state index in [2.05, 4.69) is 5.16 Å². The molecule has 0 unspecified atom stereocenters. The molecule has 114 valence electrons. The van der Waals surface area contributed by atoms with Gasteiger partial charge in [0.1, 0.15) is 0 Å². The maximum absolute atomic E-state index is 12.6. The van der Waals surface area contributed by atoms with Gasteiger partial charge in [-0.1, -0.05) is 23.4 Å². The number of ether oxygens (including phenoxy) is 1. The van der Waals surface area contributed by atoms with E-state index in [0.29, 0.717) is 25.1 Å². The third-order valence-corrected chi connectivity index (χ3v) is 3.85. The Morgan fingerprint density at radius 1 is 1.43 bits per heavy atom. The van der Waals surface area contributed by atoms with E-state index < -0.39 is 5.60 Å². The zero-order chi connectivity index (χ0) is 15.5. The first kappa shape index (κ1) is 15.5. The Labute approximate surface area is 125 Å². The van der Waals surface area contributed by atoms with Crippen LogP contribution in [0.25, 0.3) is 0 Å². The molecule has 1 heterocycles. The molecule has 0 radical (unpaired) electrons. The monoisotopic (exact) mass is 290 g/mol. The maximum Gasteiger partial charge on any atom is 0.229 e. The maximum atomic E-state index is 12.6. The number of benzene rings is 1. The van der Waals surface area contributed by atoms with Crippen LogP contribution in [-0.2, 0) is 9.53 Å². The van der Waals surface area contributed by atoms with Crippen LogP contribution in [0.2, 0.25) is 0 Å². The summed E-state index contributed by atoms with van der Waals surface area (Å²) < 4.78 is 5.35. The molecule has 1 amide bonds. The SMILES string of the molecule is COC(C)(C)CC(=O)N1CCC/C(=N/O)c2ccccc21. The van der Waals surface area contributed by atoms with Gasteiger partial charge in [-0.2, -0.15) is 0 Å². The molecule has 0 saturated heterocycles. The van der Waals surface area contributed by atoms with Crippen LogP contribution in [0, 0.1) is 0 Å². The van der Waals surface area contributed by atoms with Gasteiger partial charge in [-0.15, -0.1) is 0 Å². The summed E-state index contributed by atoms with van der Waals surface area (Å²) in [6, 6.07) is 7.55. The van der Waals surface area contributed by atoms with Crippen LogP contribution in [0.1, 0.15) is 38.7 Å². The van der Waals surface area contributed by atoms with Gasteiger partial charge in [0.25, 0.3) is 0 Å². The van der Waals surface area contributed by atoms with Gasteiger partial charge in [-0.3, -0.25) is 4.79 Å². The van der Waals surface area contributed by atoms with E-state index in [1.807, 2.05) is 38.1 Å². The summed E-state index contributed by atoms with van der Waals surface area (Å²) in [5, 5.41) is 12.6. The minimum Gasteiger partial charge on any atom is -0.411 e. The lowest BCUT2D eigenvalue weighted by atomic mass is 10.0. The minimum absolute atomic E-state index is 0.0217. The first-order chi connectivity index (χ1) is 9.98. The van der Waals surface area contributed by atoms with Crippen molar-refractivity contribution in [2.45, 2.75) is 38.7 Å². The normalized spacial score (nSPS) is 17.5. The third kappa shape index (κ3) is 3.42. The molecular formula is C16H22N2O3. The lowest BCUT2D eigenvalue weighted by Gasteiger charge is -2.28. The second kappa shape index (κ2) is 6.26. The van der Waals surface area contributed by atoms with Crippen LogP contribution in [0.15, 0.2) is 29.4 Å². The van der Waals surface area contributed by atoms with Gasteiger partial charge in [-0.05, 0) is 32.8 Å². The van der Waals surface area contributed by atoms with Crippen molar-refractivity contribution in [1.29, 1.82) is 0 Å². The number of anilines is 1. The van der Waals surface area contributed by atoms with Gasteiger partial charge in [-0.25, -0.2) is 0 Å². The number of carbonyl (C=O) groups excluding carboxylic acids is 1. The van der Waals surface area contributed by atoms with Gasteiger partial charge >= 0.3 is 0 Å². The van der Waals surface area contributed by atoms with Gasteiger partial charge in [0.05, 0.1) is 23.4 Å². The Kier molecular flexibility index (Phi) is 4.63. The molecule has 0 saturated carbocycles. The molecule has 5 heteroatoms. The van der Waals surface area contributed by atoms with Gasteiger partial charge < -0.3 is 14.8 Å². The summed E-state index contributed by atoms with van der Waals surface area (Å²) in [5.74, 6) is 0.0217. The van der Waals surface area contributed by atoms with Gasteiger partial charge in [0.15, 0.2) is 0 Å². The molecule has 0 aromatic heterocycles. The molecule has 0 atom stereocenters. The van der Waals surface area contributed by atoms with E-state index in [4.69, 9.17) is 4.74 Å². The molecule has 1 aliphatic heterocycles. The van der Waals surface area contributed by atoms with Crippen molar-refractivity contribution in [2.24, 2.45) is 5.16 Å². The highest BCUT2D eigenvalue weighted by Gasteiger charge is 2.28. The molecule has 1 N–H and O–H groups in total. The fraction of sp³-hybridized carbons (Fsp3) is 0.500. The third-order valence-electron chi connectivity index (χ3n) is 3.85. The number of carbonyl (C=O) groups is 1. The van der Waals surface area contributed by atoms with E-state index in [9.17, 15) is 10.0 Å². The van der Waals surface area contributed by atoms with Crippen LogP contribution >= 0.6 is 0 Å². The average molecular weight is 290 g/mol. The number of oxime groups is 1. The quantitative estimate of drug-likeness (QED) is 0.688. The van der Waals surface area contributed by atoms with Gasteiger partial charge in [0.2, 0.25) is 5.91 Å². The number of nitrogens with zero attached hydrogens (tertiary/aromatic N) is 2. The predicted molar refractivity (Wildman–Crippen MR) is 82.1 cm³/mol. The highest BCUT2D eigenvalue weighted by Crippen LogP contribution is 2.28. The van der Waals surface area contributed by atoms with Crippen LogP contribution in [0.5, 0.6) is 0 Å². The fourth-order valence-corrected chi connectivity index (χ4v) is 2.51. The summed E-state index contributed by atoms with van der Waals surface area (Å²) in [5.41, 5.74) is 1.76. The molecule has 1 aromatic rings. The molecule has 5 nitrogen and oxygen atoms in total. The Hall–Kier alpha value is -1.88. The molecular weight excluding hydrogens is 268 g/mol. The Balaban J connectivity index is 2.34. The largest absolute Gasteiger partial charge is 0.411 e. The standard InChI is InChI=1S/C16H22N2O3/c1-16(2,21-3)11-15(19)18-10-6-8-13(17-20)12-7-4-5-9-14(12)18/h4-5,7,9,20H,6,8,10-11H2,1-3H3/b17-13-. The Morgan fingerprint density at radius 3 is 2.81 bits per heavy atom. The number of methoxy groups -OCH3 is 1. The molecule has 0 bridgehead atoms. The van der Waals surface area contributed by atoms with Crippen LogP contribution < -0.4 is 4.90 Å². The molecule has 1 aliphatic rings. The lowest BCUT2D eigenvalue weighted by molar-refractivity contribution is -0.123. The van der Waals surface area contributed by atoms with Crippen molar-refractivity contribution in [3.8, 4) is 0 Å². The van der Waals surface area contributed by atoms with Crippen molar-refractivity contribution < 1.29 is 14.7 Å². The number of hydrogen-bond acceptors (Lipinski definition) is 4. The molecule has 2 rings (SSSR count). The summed E-state index contributed by atoms with van der Waals surface area (Å²) >= 11 is 0. The number of hydrogen-bond donors (Lipinski definition) is 1. The highest BCUT2D eigenvalue weighted by atomic mass is 16.5. The van der Waals surface area contributed by atoms with Crippen LogP contribution in [-0.4, -0.2) is 36.1 Å². The number of amides is 1. The summed E-state index contributed by atoms with van der Waals surface area (Å²) in [6.45, 7) is 4.42. The topological polar surface area (TPSA) is 62.1 Å². The number of para-hydroxylation sites is 1. The average Bonchev–Trinajstić information content (AvgIpc) is 2.66. The highest BCUT2D eigenvalue weighted by molar-refractivity contribution is 6.09. The van der Waals surface area contributed by atoms with Crippen molar-refractivity contribution in [1.82, 2.24) is 0 Å². The lowest BCUT2D eigenvalue weighted by Crippen LogP contribution is -2.38. The number of rotatable bonds is 3. The summed E-state index contributed by atoms with van der Waals surface area (Å²) in [7, 11) is 1.61. The predicted octanol–water partition coefficient (Wildman–Crippen LogP) is 2.81. The van der Waals surface area contributed by atoms with E-state index in [0.717, 1.165) is 17.7 Å². The summed E-state index contributed by atoms with van der Waals surface area (Å²) in [6.07, 6.45) is 1.74. The van der Waals surface area contributed by atoms with Crippen molar-refractivity contribution in [2.75, 3.05) is 18.6 Å². The van der Waals surface area contributed by atoms with Crippen LogP contribution in [0.4, 0.5) is 5.69 Å². The Morgan fingerprint density at radius 2 is 2.14 bits per heavy atom. The van der Waals surface area contributed by atoms with E-state index >= 15 is 0 Å². The first-order valence-corrected chi connectivity index (χ1v) is 7.14. The van der Waals surface area contributed by atoms with Crippen molar-refractivity contribution >= 4 is 17.3 Å². The minimum atomic E-state index is -0.494. The van der Waals surface area contributed by atoms with Gasteiger partial charge in [0, 0.05) is 19.2 Å². The van der Waals surface area contributed by atoms with E-state index in [1.54, 1.807) is 12.0 Å². The molecule has 0 spiro atoms. The second-order valence-corrected chi connectivity index (χ2v) is 5.85. The molecule has 0 fully saturated rings. The Bertz CT molecular complexity index is 552. The van der Waals surface area contributed by atoms with Crippen LogP contribution in [0.3, 0.4) is 0 Å². The first-order valence-electron chi connectivity index (χ1n) is 7.14. The number of fused-ring (bicyclic) bond motifs is 1. The summed E-state index contributed by atoms with van der Waals surface area (Å²) in [4.78, 5) is 14.4. The molecule has 21 heavy (non-hydrogen) atoms. The second-order valence-electron chi connectivity index (χ2n) is 5.85. The van der Waals surface area contributed by atoms with Crippen molar-refractivity contribution in [3.05, 3.63) is 29.8 Å². The fourth-order valence-electron chi connectivity index (χ4n) is 2.51. The van der Waals surface area contributed by atoms with E-state index in [1.165, 1.54) is 0 Å². The van der Waals surface area contributed by atoms with E-state index in [-0.39, 0.29) is 5.91 Å². The van der Waals surface area contributed by atoms with Crippen molar-refractivity contribution in [3.63, 3.8) is 0 Å². The smallest absolute Gasteiger partial charge is 0.229 e. The molecule has 1 aromatic carbocycles.